The predicted octanol–water partition coefficient (Wildman–Crippen LogP) is -9.72. The Hall–Kier alpha value is -8.53. The quantitative estimate of drug-likeness (QED) is 0.0668. The summed E-state index contributed by atoms with van der Waals surface area (Å²) >= 11 is 0. The van der Waals surface area contributed by atoms with E-state index in [-0.39, 0.29) is 326 Å². The Morgan fingerprint density at radius 3 is 1.05 bits per heavy atom. The molecule has 0 spiro atoms. The molecule has 0 saturated heterocycles. The van der Waals surface area contributed by atoms with E-state index in [0.717, 1.165) is 11.6 Å². The maximum atomic E-state index is 12.7. The SMILES string of the molecule is O=S(=O)([O-])c1ccc(C#Cc2ccc3c(c2)-c2nc-3nc3[n-]c(nc4nc(nc5[n-]c(n2)c2ccc(S(=O)(=O)[O-])cc52)-c2ccc(Oc5ccc6c7nc8nc(nc9[n-]c(nc%10nc(nc([n-]7)c6c5)-c5cc(S(=O)(=O)[O-])ccc5-%10)c5cc(C#Cc6cc[c-]cc6)ccc95)-c5c[c-]ccc5-8)cc2-4)c2cc[c-]cc32)cc1.O=S(=O)=O.O=S(=O)=O.O=S(=O)=O.[Cu+2].[Cu+2].[Na+].[Na+].[Na+].[Na+].[Na+].[Na+]. The second-order valence-corrected chi connectivity index (χ2v) is 31.0. The fraction of sp³-hybridized carbons (Fsp3) is 0. The first-order chi connectivity index (χ1) is 58.0. The normalized spacial score (nSPS) is 10.9. The number of benzene rings is 10. The van der Waals surface area contributed by atoms with Crippen molar-refractivity contribution in [3.05, 3.63) is 235 Å². The molecule has 0 amide bonds. The number of hydrogen-bond donors (Lipinski definition) is 0. The summed E-state index contributed by atoms with van der Waals surface area (Å²) in [6.07, 6.45) is 0. The van der Waals surface area contributed by atoms with Crippen LogP contribution in [0.25, 0.3) is 179 Å². The van der Waals surface area contributed by atoms with Crippen LogP contribution >= 0.6 is 0 Å². The molecule has 20 rings (SSSR count). The van der Waals surface area contributed by atoms with Gasteiger partial charge in [-0.25, -0.2) is 40.2 Å². The van der Waals surface area contributed by atoms with E-state index in [2.05, 4.69) is 41.9 Å². The summed E-state index contributed by atoms with van der Waals surface area (Å²) in [4.78, 5) is 78.4. The zero-order valence-corrected chi connectivity index (χ0v) is 85.2. The van der Waals surface area contributed by atoms with Gasteiger partial charge < -0.3 is 78.2 Å². The Morgan fingerprint density at radius 2 is 0.558 bits per heavy atom. The van der Waals surface area contributed by atoms with Crippen molar-refractivity contribution < 1.29 is 293 Å². The van der Waals surface area contributed by atoms with Gasteiger partial charge in [-0.05, 0) is 153 Å². The molecule has 16 bridgehead atoms. The summed E-state index contributed by atoms with van der Waals surface area (Å²) in [6, 6.07) is 60.8. The molecule has 0 fully saturated rings. The molecular formula is C80H32Cu2N16Na6O19S6. The van der Waals surface area contributed by atoms with Crippen molar-refractivity contribution in [1.82, 2.24) is 79.7 Å². The van der Waals surface area contributed by atoms with Crippen LogP contribution in [0.3, 0.4) is 0 Å². The molecule has 0 atom stereocenters. The monoisotopic (exact) mass is 1980 g/mol. The second-order valence-electron chi connectivity index (χ2n) is 25.7. The third-order valence-corrected chi connectivity index (χ3v) is 20.9. The van der Waals surface area contributed by atoms with Gasteiger partial charge in [-0.1, -0.05) is 64.6 Å². The fourth-order valence-electron chi connectivity index (χ4n) is 13.2. The van der Waals surface area contributed by atoms with Crippen LogP contribution in [0.4, 0.5) is 0 Å². The van der Waals surface area contributed by atoms with Gasteiger partial charge in [0.25, 0.3) is 0 Å². The molecule has 2 radical (unpaired) electrons. The van der Waals surface area contributed by atoms with Gasteiger partial charge in [-0.15, -0.1) is 48.7 Å². The first-order valence-electron chi connectivity index (χ1n) is 34.2. The van der Waals surface area contributed by atoms with Crippen LogP contribution < -0.4 is 202 Å². The van der Waals surface area contributed by atoms with Crippen LogP contribution in [0.1, 0.15) is 22.3 Å². The van der Waals surface area contributed by atoms with E-state index in [0.29, 0.717) is 93.3 Å². The molecule has 4 aliphatic heterocycles. The molecule has 49 heteroatoms. The second kappa shape index (κ2) is 43.0. The number of hydrogen-bond acceptors (Lipinski definition) is 31. The minimum Gasteiger partial charge on any atom is -0.744 e. The van der Waals surface area contributed by atoms with Gasteiger partial charge in [0, 0.05) is 89.8 Å². The maximum absolute atomic E-state index is 12.7. The van der Waals surface area contributed by atoms with Crippen LogP contribution in [-0.2, 0) is 96.3 Å². The average Bonchev–Trinajstić information content (AvgIpc) is 1.60. The smallest absolute Gasteiger partial charge is 0.744 e. The predicted molar refractivity (Wildman–Crippen MR) is 422 cm³/mol. The molecule has 16 aromatic rings. The summed E-state index contributed by atoms with van der Waals surface area (Å²) in [6.45, 7) is 0. The van der Waals surface area contributed by atoms with Crippen LogP contribution in [0.15, 0.2) is 209 Å². The topological polar surface area (TPSA) is 546 Å². The number of fused-ring (bicyclic) bond motifs is 40. The van der Waals surface area contributed by atoms with E-state index in [1.165, 1.54) is 54.6 Å². The number of nitrogens with zero attached hydrogens (tertiary/aromatic N) is 16. The molecule has 0 unspecified atom stereocenters. The maximum Gasteiger partial charge on any atom is 2.00 e. The van der Waals surface area contributed by atoms with Crippen molar-refractivity contribution in [3.63, 3.8) is 0 Å². The molecule has 10 heterocycles. The van der Waals surface area contributed by atoms with Gasteiger partial charge in [0.05, 0.1) is 55.5 Å². The summed E-state index contributed by atoms with van der Waals surface area (Å²) in [5.74, 6) is 14.1. The molecule has 35 nitrogen and oxygen atoms in total. The van der Waals surface area contributed by atoms with Crippen LogP contribution in [0, 0.1) is 41.9 Å². The molecule has 10 aromatic carbocycles. The van der Waals surface area contributed by atoms with E-state index < -0.39 is 76.9 Å². The van der Waals surface area contributed by atoms with Gasteiger partial charge in [0.1, 0.15) is 41.9 Å². The van der Waals surface area contributed by atoms with Crippen molar-refractivity contribution >= 4 is 150 Å². The number of ether oxygens (including phenoxy) is 1. The molecule has 4 aliphatic rings. The van der Waals surface area contributed by atoms with Crippen molar-refractivity contribution in [1.29, 1.82) is 0 Å². The van der Waals surface area contributed by atoms with E-state index in [1.807, 2.05) is 36.4 Å². The van der Waals surface area contributed by atoms with Gasteiger partial charge in [-0.2, -0.15) is 78.9 Å². The van der Waals surface area contributed by atoms with Crippen molar-refractivity contribution in [2.24, 2.45) is 0 Å². The Labute approximate surface area is 886 Å². The number of rotatable bonds is 5. The number of aromatic nitrogens is 16. The Morgan fingerprint density at radius 1 is 0.264 bits per heavy atom. The average molecular weight is 1980 g/mol. The van der Waals surface area contributed by atoms with E-state index in [1.54, 1.807) is 97.1 Å². The minimum absolute atomic E-state index is 0. The van der Waals surface area contributed by atoms with Crippen molar-refractivity contribution in [3.8, 4) is 126 Å². The first-order valence-corrected chi connectivity index (χ1v) is 41.4. The molecule has 0 N–H and O–H groups in total. The van der Waals surface area contributed by atoms with E-state index >= 15 is 0 Å². The molecule has 0 saturated carbocycles. The molecule has 129 heavy (non-hydrogen) atoms. The minimum atomic E-state index is -5.02. The van der Waals surface area contributed by atoms with Crippen LogP contribution in [-0.4, -0.2) is 137 Å². The van der Waals surface area contributed by atoms with Gasteiger partial charge in [-0.3, -0.25) is 4.98 Å². The summed E-state index contributed by atoms with van der Waals surface area (Å²) in [5.41, 5.74) is 7.00. The van der Waals surface area contributed by atoms with Gasteiger partial charge in [0.15, 0.2) is 0 Å². The Kier molecular flexibility index (Phi) is 34.7. The van der Waals surface area contributed by atoms with Crippen molar-refractivity contribution in [2.75, 3.05) is 0 Å². The zero-order chi connectivity index (χ0) is 84.5. The van der Waals surface area contributed by atoms with Crippen LogP contribution in [0.5, 0.6) is 11.5 Å². The largest absolute Gasteiger partial charge is 2.00 e. The summed E-state index contributed by atoms with van der Waals surface area (Å²) in [7, 11) is -24.1. The zero-order valence-electron chi connectivity index (χ0n) is 66.4. The third-order valence-electron chi connectivity index (χ3n) is 18.4. The summed E-state index contributed by atoms with van der Waals surface area (Å²) < 4.78 is 194. The molecule has 0 aliphatic carbocycles. The third kappa shape index (κ3) is 22.7. The summed E-state index contributed by atoms with van der Waals surface area (Å²) in [5, 5.41) is 3.61. The van der Waals surface area contributed by atoms with Crippen molar-refractivity contribution in [2.45, 2.75) is 14.7 Å². The van der Waals surface area contributed by atoms with Gasteiger partial charge >= 0.3 is 243 Å². The van der Waals surface area contributed by atoms with Crippen LogP contribution in [0.2, 0.25) is 0 Å². The Bertz CT molecular complexity index is 8530. The first kappa shape index (κ1) is 104. The van der Waals surface area contributed by atoms with Gasteiger partial charge in [0.2, 0.25) is 0 Å². The van der Waals surface area contributed by atoms with E-state index in [9.17, 15) is 38.9 Å². The standard InChI is InChI=1S/C80H35N16O10S3.2Cu.6Na.3O3S/c97-107(98,99)46-24-18-41(19-25-46)15-17-43-21-29-54-60(35-43)76-88-70(54)84-67-51-12-6-7-13-52(51)68(82-67)86-77-61-36-44(23-31-56(61)72(92-77)93-79-63-38-47(108(100,101)102)26-32-57(63)73(89-76)94-79)106-45-22-30-55-62(37-45)78-91-71(55)85-66-50-11-5-4-10-49(50)65(81-66)83-69-53-28-20-42(16-14-40-8-2-1-3-9-40)34-59(53)75(87-69)90-74-58-33-27-48(109(103,104)105)39-64(58)80(95-74)96-78;;;;;;;;;3*1-4(2)3/h2-3,5,7-13,18-39H,(H3-4,81,82,83,84,85,86,87,88,89,90,91,92,93,94,95,96,97,98,99,100,101,102,103,104,105);;;;;;;;;;;/q-7;2*+2;6*+1;;;/p-3. The Balaban J connectivity index is 0.000000887. The molecule has 6 aromatic heterocycles. The molecule has 610 valence electrons. The fourth-order valence-corrected chi connectivity index (χ4v) is 14.7. The van der Waals surface area contributed by atoms with E-state index in [4.69, 9.17) is 122 Å². The molecular weight excluding hydrogens is 1950 g/mol.